The zero-order valence-corrected chi connectivity index (χ0v) is 23.7. The average Bonchev–Trinajstić information content (AvgIpc) is 3.58. The van der Waals surface area contributed by atoms with Crippen LogP contribution in [0.1, 0.15) is 80.8 Å². The quantitative estimate of drug-likeness (QED) is 0.407. The van der Waals surface area contributed by atoms with Crippen LogP contribution in [-0.4, -0.2) is 65.8 Å². The van der Waals surface area contributed by atoms with Gasteiger partial charge < -0.3 is 25.0 Å². The molecule has 1 saturated carbocycles. The molecule has 3 fully saturated rings. The number of aromatic carboxylic acids is 1. The van der Waals surface area contributed by atoms with Crippen LogP contribution in [0.4, 0.5) is 10.5 Å². The smallest absolute Gasteiger partial charge is 0.410 e. The fourth-order valence-corrected chi connectivity index (χ4v) is 6.11. The molecule has 2 N–H and O–H groups in total. The molecule has 3 heterocycles. The molecule has 1 unspecified atom stereocenters. The monoisotopic (exact) mass is 541 g/mol. The second-order valence-corrected chi connectivity index (χ2v) is 13.0. The number of carboxylic acids is 1. The molecule has 0 spiro atoms. The van der Waals surface area contributed by atoms with Crippen LogP contribution in [0.2, 0.25) is 0 Å². The van der Waals surface area contributed by atoms with Crippen molar-refractivity contribution in [3.05, 3.63) is 28.0 Å². The summed E-state index contributed by atoms with van der Waals surface area (Å²) in [7, 11) is 0. The highest BCUT2D eigenvalue weighted by atomic mass is 32.1. The lowest BCUT2D eigenvalue weighted by molar-refractivity contribution is -0.123. The zero-order valence-electron chi connectivity index (χ0n) is 22.9. The predicted octanol–water partition coefficient (Wildman–Crippen LogP) is 4.89. The number of likely N-dealkylation sites (tertiary alicyclic amines) is 1. The SMILES string of the molecule is C=C1CCC(C(=O)N(c2cc(C#CC(C)(C)C)sc2C(=O)O)[C@H]2CCN(C(=O)OC3(C)CCNC3)C2)CC1. The van der Waals surface area contributed by atoms with E-state index in [9.17, 15) is 19.5 Å². The number of thiophene rings is 1. The van der Waals surface area contributed by atoms with Crippen LogP contribution in [-0.2, 0) is 9.53 Å². The molecular weight excluding hydrogens is 502 g/mol. The topological polar surface area (TPSA) is 99.2 Å². The Labute approximate surface area is 229 Å². The number of ether oxygens (including phenoxy) is 1. The van der Waals surface area contributed by atoms with E-state index in [0.29, 0.717) is 49.5 Å². The summed E-state index contributed by atoms with van der Waals surface area (Å²) in [5.74, 6) is 4.89. The number of hydrogen-bond donors (Lipinski definition) is 2. The van der Waals surface area contributed by atoms with Gasteiger partial charge in [0, 0.05) is 37.4 Å². The number of rotatable bonds is 5. The van der Waals surface area contributed by atoms with E-state index < -0.39 is 11.6 Å². The summed E-state index contributed by atoms with van der Waals surface area (Å²) in [4.78, 5) is 43.4. The highest BCUT2D eigenvalue weighted by Crippen LogP contribution is 2.37. The Bertz CT molecular complexity index is 1160. The maximum Gasteiger partial charge on any atom is 0.410 e. The molecule has 0 aromatic carbocycles. The lowest BCUT2D eigenvalue weighted by Gasteiger charge is -2.34. The van der Waals surface area contributed by atoms with Crippen LogP contribution in [0.3, 0.4) is 0 Å². The lowest BCUT2D eigenvalue weighted by Crippen LogP contribution is -2.47. The lowest BCUT2D eigenvalue weighted by atomic mass is 9.85. The van der Waals surface area contributed by atoms with Crippen molar-refractivity contribution in [2.75, 3.05) is 31.1 Å². The van der Waals surface area contributed by atoms with Gasteiger partial charge in [0.25, 0.3) is 0 Å². The first kappa shape index (κ1) is 28.2. The van der Waals surface area contributed by atoms with Crippen molar-refractivity contribution in [2.45, 2.75) is 77.9 Å². The summed E-state index contributed by atoms with van der Waals surface area (Å²) in [6.07, 6.45) is 3.88. The highest BCUT2D eigenvalue weighted by Gasteiger charge is 2.41. The fraction of sp³-hybridized carbons (Fsp3) is 0.621. The highest BCUT2D eigenvalue weighted by molar-refractivity contribution is 7.15. The predicted molar refractivity (Wildman–Crippen MR) is 149 cm³/mol. The molecule has 206 valence electrons. The van der Waals surface area contributed by atoms with Crippen LogP contribution in [0.5, 0.6) is 0 Å². The van der Waals surface area contributed by atoms with Gasteiger partial charge in [0.05, 0.1) is 16.6 Å². The van der Waals surface area contributed by atoms with E-state index in [4.69, 9.17) is 4.74 Å². The molecule has 2 atom stereocenters. The molecule has 1 aromatic heterocycles. The third-order valence-corrected chi connectivity index (χ3v) is 8.48. The van der Waals surface area contributed by atoms with Crippen molar-refractivity contribution in [2.24, 2.45) is 11.3 Å². The Kier molecular flexibility index (Phi) is 8.24. The average molecular weight is 542 g/mol. The second kappa shape index (κ2) is 11.1. The minimum Gasteiger partial charge on any atom is -0.477 e. The minimum absolute atomic E-state index is 0.0831. The number of carbonyl (C=O) groups is 3. The van der Waals surface area contributed by atoms with Gasteiger partial charge in [-0.15, -0.1) is 11.3 Å². The second-order valence-electron chi connectivity index (χ2n) is 12.0. The molecule has 3 aliphatic rings. The van der Waals surface area contributed by atoms with E-state index in [0.717, 1.165) is 42.7 Å². The van der Waals surface area contributed by atoms with Crippen molar-refractivity contribution in [1.82, 2.24) is 10.2 Å². The molecule has 2 saturated heterocycles. The number of carbonyl (C=O) groups excluding carboxylic acids is 2. The van der Waals surface area contributed by atoms with E-state index >= 15 is 0 Å². The molecule has 0 radical (unpaired) electrons. The molecule has 4 rings (SSSR count). The van der Waals surface area contributed by atoms with Crippen LogP contribution in [0, 0.1) is 23.2 Å². The van der Waals surface area contributed by atoms with Crippen LogP contribution in [0.25, 0.3) is 0 Å². The number of nitrogens with one attached hydrogen (secondary N) is 1. The van der Waals surface area contributed by atoms with Gasteiger partial charge in [0.1, 0.15) is 10.5 Å². The Morgan fingerprint density at radius 1 is 1.26 bits per heavy atom. The Morgan fingerprint density at radius 2 is 1.97 bits per heavy atom. The number of carboxylic acid groups (broad SMARTS) is 1. The summed E-state index contributed by atoms with van der Waals surface area (Å²) < 4.78 is 5.84. The summed E-state index contributed by atoms with van der Waals surface area (Å²) in [6.45, 7) is 14.1. The van der Waals surface area contributed by atoms with Crippen molar-refractivity contribution in [3.63, 3.8) is 0 Å². The summed E-state index contributed by atoms with van der Waals surface area (Å²) in [6, 6.07) is 1.39. The Balaban J connectivity index is 1.64. The standard InChI is InChI=1S/C29H39N3O5S/c1-19-6-8-20(9-7-19)25(33)32(23-16-22(10-12-28(2,3)4)38-24(23)26(34)35)21-11-15-31(17-21)27(36)37-29(5)13-14-30-18-29/h16,20-21,30H,1,6-9,11,13-15,17-18H2,2-5H3,(H,34,35)/t21-,29?/m0/s1. The molecule has 1 aliphatic carbocycles. The Hall–Kier alpha value is -2.83. The third kappa shape index (κ3) is 6.59. The van der Waals surface area contributed by atoms with Crippen molar-refractivity contribution in [1.29, 1.82) is 0 Å². The fourth-order valence-electron chi connectivity index (χ4n) is 5.26. The Morgan fingerprint density at radius 3 is 2.58 bits per heavy atom. The molecule has 2 amide bonds. The normalized spacial score (nSPS) is 24.2. The number of amides is 2. The van der Waals surface area contributed by atoms with Crippen molar-refractivity contribution in [3.8, 4) is 11.8 Å². The first-order valence-corrected chi connectivity index (χ1v) is 14.3. The maximum absolute atomic E-state index is 14.0. The van der Waals surface area contributed by atoms with E-state index in [1.807, 2.05) is 27.7 Å². The van der Waals surface area contributed by atoms with E-state index in [-0.39, 0.29) is 34.3 Å². The molecular formula is C29H39N3O5S. The zero-order chi connectivity index (χ0) is 27.7. The minimum atomic E-state index is -1.08. The van der Waals surface area contributed by atoms with Gasteiger partial charge in [-0.25, -0.2) is 9.59 Å². The van der Waals surface area contributed by atoms with Gasteiger partial charge in [-0.05, 0) is 72.4 Å². The van der Waals surface area contributed by atoms with Gasteiger partial charge >= 0.3 is 12.1 Å². The van der Waals surface area contributed by atoms with Crippen LogP contribution in [0.15, 0.2) is 18.2 Å². The first-order chi connectivity index (χ1) is 17.8. The van der Waals surface area contributed by atoms with Crippen LogP contribution >= 0.6 is 11.3 Å². The van der Waals surface area contributed by atoms with E-state index in [2.05, 4.69) is 23.7 Å². The van der Waals surface area contributed by atoms with Gasteiger partial charge in [0.15, 0.2) is 0 Å². The molecule has 1 aromatic rings. The number of anilines is 1. The summed E-state index contributed by atoms with van der Waals surface area (Å²) in [5, 5.41) is 13.3. The first-order valence-electron chi connectivity index (χ1n) is 13.4. The van der Waals surface area contributed by atoms with E-state index in [1.54, 1.807) is 15.9 Å². The largest absolute Gasteiger partial charge is 0.477 e. The van der Waals surface area contributed by atoms with Gasteiger partial charge in [-0.2, -0.15) is 0 Å². The number of nitrogens with zero attached hydrogens (tertiary/aromatic N) is 2. The maximum atomic E-state index is 14.0. The molecule has 8 nitrogen and oxygen atoms in total. The third-order valence-electron chi connectivity index (χ3n) is 7.46. The molecule has 9 heteroatoms. The van der Waals surface area contributed by atoms with Crippen molar-refractivity contribution >= 4 is 35.0 Å². The molecule has 2 aliphatic heterocycles. The van der Waals surface area contributed by atoms with Gasteiger partial charge in [-0.3, -0.25) is 4.79 Å². The number of allylic oxidation sites excluding steroid dienone is 1. The number of hydrogen-bond acceptors (Lipinski definition) is 6. The van der Waals surface area contributed by atoms with Crippen molar-refractivity contribution < 1.29 is 24.2 Å². The van der Waals surface area contributed by atoms with E-state index in [1.165, 1.54) is 0 Å². The summed E-state index contributed by atoms with van der Waals surface area (Å²) >= 11 is 1.09. The molecule has 38 heavy (non-hydrogen) atoms. The molecule has 0 bridgehead atoms. The summed E-state index contributed by atoms with van der Waals surface area (Å²) in [5.41, 5.74) is 0.736. The van der Waals surface area contributed by atoms with Gasteiger partial charge in [0.2, 0.25) is 5.91 Å². The van der Waals surface area contributed by atoms with Gasteiger partial charge in [-0.1, -0.05) is 24.0 Å². The van der Waals surface area contributed by atoms with Crippen LogP contribution < -0.4 is 10.2 Å².